The molecule has 8 nitrogen and oxygen atoms in total. The maximum atomic E-state index is 14.1. The van der Waals surface area contributed by atoms with Crippen molar-refractivity contribution >= 4 is 55.8 Å². The van der Waals surface area contributed by atoms with Crippen LogP contribution in [0.1, 0.15) is 36.6 Å². The Bertz CT molecular complexity index is 2200. The zero-order valence-electron chi connectivity index (χ0n) is 26.7. The molecule has 1 atom stereocenters. The molecule has 0 aliphatic carbocycles. The molecule has 0 N–H and O–H groups in total. The van der Waals surface area contributed by atoms with E-state index in [1.165, 1.54) is 11.3 Å². The molecule has 0 saturated heterocycles. The lowest BCUT2D eigenvalue weighted by molar-refractivity contribution is -0.139. The lowest BCUT2D eigenvalue weighted by atomic mass is 9.95. The zero-order valence-corrected chi connectivity index (χ0v) is 29.1. The van der Waals surface area contributed by atoms with Gasteiger partial charge in [-0.2, -0.15) is 0 Å². The number of aromatic nitrogens is 1. The lowest BCUT2D eigenvalue weighted by Gasteiger charge is -2.25. The fourth-order valence-electron chi connectivity index (χ4n) is 5.74. The molecule has 1 aromatic heterocycles. The number of halogens is 1. The van der Waals surface area contributed by atoms with Crippen molar-refractivity contribution < 1.29 is 19.0 Å². The van der Waals surface area contributed by atoms with Crippen LogP contribution in [0.4, 0.5) is 5.69 Å². The molecule has 2 heterocycles. The Kier molecular flexibility index (Phi) is 9.33. The second-order valence-corrected chi connectivity index (χ2v) is 13.1. The highest BCUT2D eigenvalue weighted by Gasteiger charge is 2.33. The molecule has 240 valence electrons. The van der Waals surface area contributed by atoms with Gasteiger partial charge in [0.1, 0.15) is 6.61 Å². The summed E-state index contributed by atoms with van der Waals surface area (Å²) >= 11 is 4.94. The van der Waals surface area contributed by atoms with E-state index in [0.717, 1.165) is 33.2 Å². The third kappa shape index (κ3) is 6.35. The minimum absolute atomic E-state index is 0.213. The lowest BCUT2D eigenvalue weighted by Crippen LogP contribution is -2.39. The summed E-state index contributed by atoms with van der Waals surface area (Å²) in [6, 6.07) is 25.2. The normalized spacial score (nSPS) is 14.5. The van der Waals surface area contributed by atoms with E-state index >= 15 is 0 Å². The highest BCUT2D eigenvalue weighted by molar-refractivity contribution is 9.10. The number of anilines is 1. The first-order valence-electron chi connectivity index (χ1n) is 15.1. The number of benzene rings is 4. The van der Waals surface area contributed by atoms with E-state index in [4.69, 9.17) is 19.2 Å². The number of carbonyl (C=O) groups excluding carboxylic acids is 1. The van der Waals surface area contributed by atoms with E-state index < -0.39 is 12.0 Å². The molecular weight excluding hydrogens is 678 g/mol. The molecular formula is C37H34BrN3O5S. The number of methoxy groups -OCH3 is 1. The zero-order chi connectivity index (χ0) is 33.2. The van der Waals surface area contributed by atoms with Crippen LogP contribution in [0.15, 0.2) is 104 Å². The predicted octanol–water partition coefficient (Wildman–Crippen LogP) is 6.37. The number of rotatable bonds is 9. The van der Waals surface area contributed by atoms with Crippen LogP contribution >= 0.6 is 27.3 Å². The average Bonchev–Trinajstić information content (AvgIpc) is 3.36. The molecule has 47 heavy (non-hydrogen) atoms. The summed E-state index contributed by atoms with van der Waals surface area (Å²) in [5.74, 6) is 0.602. The van der Waals surface area contributed by atoms with E-state index in [-0.39, 0.29) is 12.2 Å². The predicted molar refractivity (Wildman–Crippen MR) is 190 cm³/mol. The van der Waals surface area contributed by atoms with Crippen molar-refractivity contribution in [2.24, 2.45) is 4.99 Å². The quantitative estimate of drug-likeness (QED) is 0.166. The smallest absolute Gasteiger partial charge is 0.338 e. The molecule has 0 radical (unpaired) electrons. The van der Waals surface area contributed by atoms with Crippen LogP contribution in [0, 0.1) is 0 Å². The van der Waals surface area contributed by atoms with Gasteiger partial charge in [0.15, 0.2) is 16.3 Å². The number of hydrogen-bond donors (Lipinski definition) is 0. The second-order valence-electron chi connectivity index (χ2n) is 11.2. The summed E-state index contributed by atoms with van der Waals surface area (Å²) in [6.07, 6.45) is 1.81. The first kappa shape index (κ1) is 32.3. The summed E-state index contributed by atoms with van der Waals surface area (Å²) in [7, 11) is 5.51. The van der Waals surface area contributed by atoms with Gasteiger partial charge >= 0.3 is 5.97 Å². The maximum absolute atomic E-state index is 14.1. The van der Waals surface area contributed by atoms with Crippen LogP contribution in [0.5, 0.6) is 11.5 Å². The van der Waals surface area contributed by atoms with E-state index in [2.05, 4.69) is 40.2 Å². The standard InChI is InChI=1S/C37H34BrN3O5S/c1-6-45-36(43)32-22(2)39-37-41(33(32)25-14-16-27(17-15-25)40(3)4)35(42)31(47-37)20-23-18-29(38)34(30(19-23)44-5)46-21-26-12-9-11-24-10-7-8-13-28(24)26/h7-20,33H,6,21H2,1-5H3/b31-20-/t33-/m0/s1. The molecule has 0 unspecified atom stereocenters. The molecule has 0 bridgehead atoms. The monoisotopic (exact) mass is 711 g/mol. The molecule has 0 amide bonds. The van der Waals surface area contributed by atoms with Crippen molar-refractivity contribution in [1.29, 1.82) is 0 Å². The van der Waals surface area contributed by atoms with Crippen molar-refractivity contribution in [2.45, 2.75) is 26.5 Å². The Balaban J connectivity index is 1.39. The molecule has 1 aliphatic rings. The fourth-order valence-corrected chi connectivity index (χ4v) is 7.37. The summed E-state index contributed by atoms with van der Waals surface area (Å²) < 4.78 is 20.2. The Morgan fingerprint density at radius 3 is 2.53 bits per heavy atom. The maximum Gasteiger partial charge on any atom is 0.338 e. The van der Waals surface area contributed by atoms with Gasteiger partial charge in [-0.15, -0.1) is 0 Å². The highest BCUT2D eigenvalue weighted by Crippen LogP contribution is 2.38. The summed E-state index contributed by atoms with van der Waals surface area (Å²) in [6.45, 7) is 4.11. The van der Waals surface area contributed by atoms with Gasteiger partial charge in [0.05, 0.1) is 40.0 Å². The number of allylic oxidation sites excluding steroid dienone is 1. The number of nitrogens with zero attached hydrogens (tertiary/aromatic N) is 3. The third-order valence-electron chi connectivity index (χ3n) is 8.04. The van der Waals surface area contributed by atoms with Gasteiger partial charge in [-0.3, -0.25) is 9.36 Å². The van der Waals surface area contributed by atoms with Gasteiger partial charge in [-0.05, 0) is 87.6 Å². The minimum atomic E-state index is -0.685. The van der Waals surface area contributed by atoms with Crippen LogP contribution in [-0.4, -0.2) is 38.3 Å². The number of ether oxygens (including phenoxy) is 3. The van der Waals surface area contributed by atoms with E-state index in [0.29, 0.717) is 43.2 Å². The SMILES string of the molecule is CCOC(=O)C1=C(C)N=c2s/c(=C\c3cc(Br)c(OCc4cccc5ccccc45)c(OC)c3)c(=O)n2[C@H]1c1ccc(N(C)C)cc1. The first-order valence-corrected chi connectivity index (χ1v) is 16.7. The van der Waals surface area contributed by atoms with Gasteiger partial charge in [-0.25, -0.2) is 9.79 Å². The Labute approximate surface area is 285 Å². The number of carbonyl (C=O) groups is 1. The minimum Gasteiger partial charge on any atom is -0.493 e. The molecule has 5 aromatic rings. The van der Waals surface area contributed by atoms with Crippen molar-refractivity contribution in [3.05, 3.63) is 131 Å². The van der Waals surface area contributed by atoms with Crippen LogP contribution in [0.2, 0.25) is 0 Å². The third-order valence-corrected chi connectivity index (χ3v) is 9.62. The fraction of sp³-hybridized carbons (Fsp3) is 0.216. The summed E-state index contributed by atoms with van der Waals surface area (Å²) in [5.41, 5.74) is 4.21. The van der Waals surface area contributed by atoms with E-state index in [1.807, 2.05) is 73.6 Å². The first-order chi connectivity index (χ1) is 22.7. The topological polar surface area (TPSA) is 82.4 Å². The number of thiazole rings is 1. The molecule has 4 aromatic carbocycles. The molecule has 0 spiro atoms. The number of esters is 1. The molecule has 1 aliphatic heterocycles. The number of hydrogen-bond acceptors (Lipinski definition) is 8. The van der Waals surface area contributed by atoms with Crippen LogP contribution in [-0.2, 0) is 16.1 Å². The molecule has 6 rings (SSSR count). The summed E-state index contributed by atoms with van der Waals surface area (Å²) in [5, 5.41) is 2.28. The largest absolute Gasteiger partial charge is 0.493 e. The van der Waals surface area contributed by atoms with Gasteiger partial charge < -0.3 is 19.1 Å². The number of fused-ring (bicyclic) bond motifs is 2. The van der Waals surface area contributed by atoms with Crippen molar-refractivity contribution in [2.75, 3.05) is 32.7 Å². The highest BCUT2D eigenvalue weighted by atomic mass is 79.9. The van der Waals surface area contributed by atoms with Gasteiger partial charge in [-0.1, -0.05) is 65.9 Å². The van der Waals surface area contributed by atoms with Crippen LogP contribution in [0.3, 0.4) is 0 Å². The van der Waals surface area contributed by atoms with Gasteiger partial charge in [0.2, 0.25) is 0 Å². The average molecular weight is 713 g/mol. The van der Waals surface area contributed by atoms with Crippen molar-refractivity contribution in [3.63, 3.8) is 0 Å². The van der Waals surface area contributed by atoms with Gasteiger partial charge in [0.25, 0.3) is 5.56 Å². The van der Waals surface area contributed by atoms with Crippen molar-refractivity contribution in [1.82, 2.24) is 4.57 Å². The van der Waals surface area contributed by atoms with Crippen LogP contribution in [0.25, 0.3) is 16.8 Å². The van der Waals surface area contributed by atoms with E-state index in [9.17, 15) is 9.59 Å². The molecule has 0 saturated carbocycles. The Hall–Kier alpha value is -4.67. The Morgan fingerprint density at radius 2 is 1.81 bits per heavy atom. The van der Waals surface area contributed by atoms with Gasteiger partial charge in [0, 0.05) is 19.8 Å². The summed E-state index contributed by atoms with van der Waals surface area (Å²) in [4.78, 5) is 34.5. The Morgan fingerprint density at radius 1 is 1.06 bits per heavy atom. The van der Waals surface area contributed by atoms with Crippen molar-refractivity contribution in [3.8, 4) is 11.5 Å². The molecule has 10 heteroatoms. The molecule has 0 fully saturated rings. The van der Waals surface area contributed by atoms with E-state index in [1.54, 1.807) is 31.6 Å². The second kappa shape index (κ2) is 13.6. The van der Waals surface area contributed by atoms with Crippen LogP contribution < -0.4 is 29.3 Å².